The molecule has 0 aromatic carbocycles. The molecule has 0 radical (unpaired) electrons. The van der Waals surface area contributed by atoms with Crippen LogP contribution in [0.4, 0.5) is 0 Å². The van der Waals surface area contributed by atoms with Gasteiger partial charge in [-0.25, -0.2) is 0 Å². The van der Waals surface area contributed by atoms with E-state index >= 15 is 0 Å². The Morgan fingerprint density at radius 2 is 2.00 bits per heavy atom. The van der Waals surface area contributed by atoms with Crippen molar-refractivity contribution in [1.82, 2.24) is 4.90 Å². The van der Waals surface area contributed by atoms with E-state index in [4.69, 9.17) is 9.84 Å². The number of amides is 1. The van der Waals surface area contributed by atoms with Gasteiger partial charge in [-0.1, -0.05) is 13.8 Å². The van der Waals surface area contributed by atoms with E-state index < -0.39 is 11.4 Å². The minimum atomic E-state index is -0.982. The van der Waals surface area contributed by atoms with Gasteiger partial charge in [-0.15, -0.1) is 0 Å². The lowest BCUT2D eigenvalue weighted by molar-refractivity contribution is -0.156. The molecule has 1 aliphatic heterocycles. The van der Waals surface area contributed by atoms with Crippen molar-refractivity contribution in [3.05, 3.63) is 0 Å². The third kappa shape index (κ3) is 3.67. The maximum atomic E-state index is 12.2. The summed E-state index contributed by atoms with van der Waals surface area (Å²) >= 11 is 0. The largest absolute Gasteiger partial charge is 0.481 e. The lowest BCUT2D eigenvalue weighted by atomic mass is 9.79. The summed E-state index contributed by atoms with van der Waals surface area (Å²) in [4.78, 5) is 25.2. The second-order valence-electron chi connectivity index (χ2n) is 4.98. The van der Waals surface area contributed by atoms with Gasteiger partial charge in [0.25, 0.3) is 0 Å². The van der Waals surface area contributed by atoms with Crippen molar-refractivity contribution in [1.29, 1.82) is 0 Å². The number of carboxylic acid groups (broad SMARTS) is 1. The Morgan fingerprint density at radius 3 is 2.47 bits per heavy atom. The number of rotatable bonds is 6. The molecular weight excluding hydrogens is 250 g/mol. The number of carboxylic acids is 1. The molecule has 1 atom stereocenters. The van der Waals surface area contributed by atoms with Gasteiger partial charge < -0.3 is 19.8 Å². The third-order valence-corrected chi connectivity index (χ3v) is 3.99. The summed E-state index contributed by atoms with van der Waals surface area (Å²) in [6.45, 7) is 4.63. The fourth-order valence-electron chi connectivity index (χ4n) is 2.34. The van der Waals surface area contributed by atoms with Crippen LogP contribution in [0.15, 0.2) is 0 Å². The first-order valence-electron chi connectivity index (χ1n) is 6.72. The van der Waals surface area contributed by atoms with Gasteiger partial charge in [0.1, 0.15) is 0 Å². The first-order chi connectivity index (χ1) is 8.99. The normalized spacial score (nSPS) is 20.4. The van der Waals surface area contributed by atoms with E-state index in [1.165, 1.54) is 0 Å². The molecule has 1 saturated heterocycles. The molecule has 1 rings (SSSR count). The number of aliphatic hydroxyl groups excluding tert-OH is 1. The summed E-state index contributed by atoms with van der Waals surface area (Å²) < 4.78 is 5.28. The minimum absolute atomic E-state index is 0.00742. The van der Waals surface area contributed by atoms with Gasteiger partial charge in [0, 0.05) is 19.5 Å². The van der Waals surface area contributed by atoms with Gasteiger partial charge in [0.05, 0.1) is 24.7 Å². The lowest BCUT2D eigenvalue weighted by Gasteiger charge is -2.35. The van der Waals surface area contributed by atoms with Crippen molar-refractivity contribution < 1.29 is 24.5 Å². The zero-order valence-corrected chi connectivity index (χ0v) is 11.6. The fraction of sp³-hybridized carbons (Fsp3) is 0.846. The first-order valence-corrected chi connectivity index (χ1v) is 6.72. The van der Waals surface area contributed by atoms with Crippen molar-refractivity contribution >= 4 is 11.9 Å². The maximum absolute atomic E-state index is 12.2. The van der Waals surface area contributed by atoms with Crippen LogP contribution in [0.3, 0.4) is 0 Å². The zero-order chi connectivity index (χ0) is 14.5. The molecule has 0 saturated carbocycles. The molecule has 1 fully saturated rings. The van der Waals surface area contributed by atoms with Crippen LogP contribution in [0.5, 0.6) is 0 Å². The molecule has 1 aliphatic rings. The van der Waals surface area contributed by atoms with E-state index in [0.29, 0.717) is 32.5 Å². The molecule has 1 amide bonds. The number of aliphatic carboxylic acids is 1. The van der Waals surface area contributed by atoms with Crippen molar-refractivity contribution in [2.24, 2.45) is 5.41 Å². The minimum Gasteiger partial charge on any atom is -0.481 e. The Balaban J connectivity index is 2.69. The van der Waals surface area contributed by atoms with Crippen LogP contribution in [0.1, 0.15) is 33.1 Å². The molecule has 6 nitrogen and oxygen atoms in total. The summed E-state index contributed by atoms with van der Waals surface area (Å²) in [5.74, 6) is -1.09. The standard InChI is InChI=1S/C13H23NO5/c1-3-13(4-2,12(17)18)7-11(16)14-5-6-19-10(8-14)9-15/h10,15H,3-9H2,1-2H3,(H,17,18). The number of hydrogen-bond acceptors (Lipinski definition) is 4. The molecule has 0 aromatic heterocycles. The second kappa shape index (κ2) is 6.86. The SMILES string of the molecule is CCC(CC)(CC(=O)N1CCOC(CO)C1)C(=O)O. The molecule has 1 unspecified atom stereocenters. The first kappa shape index (κ1) is 15.9. The molecule has 110 valence electrons. The van der Waals surface area contributed by atoms with Crippen molar-refractivity contribution in [3.8, 4) is 0 Å². The highest BCUT2D eigenvalue weighted by molar-refractivity contribution is 5.85. The fourth-order valence-corrected chi connectivity index (χ4v) is 2.34. The predicted octanol–water partition coefficient (Wildman–Crippen LogP) is 0.487. The van der Waals surface area contributed by atoms with Crippen LogP contribution < -0.4 is 0 Å². The van der Waals surface area contributed by atoms with Crippen molar-refractivity contribution in [2.45, 2.75) is 39.2 Å². The number of morpholine rings is 1. The van der Waals surface area contributed by atoms with E-state index in [-0.39, 0.29) is 25.0 Å². The van der Waals surface area contributed by atoms with Gasteiger partial charge in [0.15, 0.2) is 0 Å². The molecule has 0 spiro atoms. The molecule has 0 aliphatic carbocycles. The number of carbonyl (C=O) groups excluding carboxylic acids is 1. The summed E-state index contributed by atoms with van der Waals surface area (Å²) in [7, 11) is 0. The Labute approximate surface area is 113 Å². The maximum Gasteiger partial charge on any atom is 0.310 e. The summed E-state index contributed by atoms with van der Waals surface area (Å²) in [5, 5.41) is 18.4. The molecule has 0 aromatic rings. The van der Waals surface area contributed by atoms with E-state index in [2.05, 4.69) is 0 Å². The van der Waals surface area contributed by atoms with Gasteiger partial charge >= 0.3 is 5.97 Å². The summed E-state index contributed by atoms with van der Waals surface area (Å²) in [5.41, 5.74) is -0.982. The predicted molar refractivity (Wildman–Crippen MR) is 68.7 cm³/mol. The van der Waals surface area contributed by atoms with Gasteiger partial charge in [-0.3, -0.25) is 9.59 Å². The van der Waals surface area contributed by atoms with Gasteiger partial charge in [-0.05, 0) is 12.8 Å². The molecule has 2 N–H and O–H groups in total. The monoisotopic (exact) mass is 273 g/mol. The Bertz CT molecular complexity index is 327. The highest BCUT2D eigenvalue weighted by atomic mass is 16.5. The van der Waals surface area contributed by atoms with Crippen LogP contribution in [0.2, 0.25) is 0 Å². The second-order valence-corrected chi connectivity index (χ2v) is 4.98. The van der Waals surface area contributed by atoms with E-state index in [1.807, 2.05) is 0 Å². The number of hydrogen-bond donors (Lipinski definition) is 2. The third-order valence-electron chi connectivity index (χ3n) is 3.99. The van der Waals surface area contributed by atoms with Crippen molar-refractivity contribution in [3.63, 3.8) is 0 Å². The quantitative estimate of drug-likeness (QED) is 0.735. The van der Waals surface area contributed by atoms with Crippen LogP contribution in [-0.2, 0) is 14.3 Å². The van der Waals surface area contributed by atoms with Crippen LogP contribution in [0, 0.1) is 5.41 Å². The average molecular weight is 273 g/mol. The molecule has 6 heteroatoms. The number of nitrogens with zero attached hydrogens (tertiary/aromatic N) is 1. The molecule has 0 bridgehead atoms. The van der Waals surface area contributed by atoms with Crippen molar-refractivity contribution in [2.75, 3.05) is 26.3 Å². The number of carbonyl (C=O) groups is 2. The summed E-state index contributed by atoms with van der Waals surface area (Å²) in [6, 6.07) is 0. The van der Waals surface area contributed by atoms with E-state index in [9.17, 15) is 14.7 Å². The highest BCUT2D eigenvalue weighted by Gasteiger charge is 2.39. The van der Waals surface area contributed by atoms with Crippen LogP contribution in [-0.4, -0.2) is 59.4 Å². The van der Waals surface area contributed by atoms with Crippen LogP contribution in [0.25, 0.3) is 0 Å². The number of ether oxygens (including phenoxy) is 1. The molecule has 19 heavy (non-hydrogen) atoms. The average Bonchev–Trinajstić information content (AvgIpc) is 2.44. The van der Waals surface area contributed by atoms with E-state index in [1.54, 1.807) is 18.7 Å². The number of aliphatic hydroxyl groups is 1. The Morgan fingerprint density at radius 1 is 1.37 bits per heavy atom. The molecular formula is C13H23NO5. The van der Waals surface area contributed by atoms with Gasteiger partial charge in [0.2, 0.25) is 5.91 Å². The molecule has 1 heterocycles. The zero-order valence-electron chi connectivity index (χ0n) is 11.6. The van der Waals surface area contributed by atoms with Gasteiger partial charge in [-0.2, -0.15) is 0 Å². The topological polar surface area (TPSA) is 87.1 Å². The highest BCUT2D eigenvalue weighted by Crippen LogP contribution is 2.32. The Hall–Kier alpha value is -1.14. The lowest BCUT2D eigenvalue weighted by Crippen LogP contribution is -2.48. The summed E-state index contributed by atoms with van der Waals surface area (Å²) in [6.07, 6.45) is 0.504. The van der Waals surface area contributed by atoms with Crippen LogP contribution >= 0.6 is 0 Å². The smallest absolute Gasteiger partial charge is 0.310 e. The Kier molecular flexibility index (Phi) is 5.75. The van der Waals surface area contributed by atoms with E-state index in [0.717, 1.165) is 0 Å².